The van der Waals surface area contributed by atoms with Gasteiger partial charge in [0.15, 0.2) is 0 Å². The number of nitrogens with one attached hydrogen (secondary N) is 1. The van der Waals surface area contributed by atoms with Crippen LogP contribution in [0.3, 0.4) is 0 Å². The molecule has 2 aromatic carbocycles. The lowest BCUT2D eigenvalue weighted by molar-refractivity contribution is -0.111. The van der Waals surface area contributed by atoms with Gasteiger partial charge < -0.3 is 25.1 Å². The number of benzene rings is 2. The highest BCUT2D eigenvalue weighted by molar-refractivity contribution is 9.10. The molecule has 0 atom stereocenters. The zero-order chi connectivity index (χ0) is 20.9. The summed E-state index contributed by atoms with van der Waals surface area (Å²) in [5.41, 5.74) is 9.40. The molecule has 3 aromatic rings. The molecule has 3 N–H and O–H groups in total. The number of furan rings is 1. The van der Waals surface area contributed by atoms with Crippen LogP contribution >= 0.6 is 15.9 Å². The number of morpholine rings is 1. The fourth-order valence-electron chi connectivity index (χ4n) is 3.28. The number of carbonyl (C=O) groups excluding carboxylic acids is 1. The van der Waals surface area contributed by atoms with Crippen LogP contribution in [-0.4, -0.2) is 32.2 Å². The predicted octanol–water partition coefficient (Wildman–Crippen LogP) is 4.78. The molecule has 1 fully saturated rings. The van der Waals surface area contributed by atoms with Gasteiger partial charge in [-0.15, -0.1) is 0 Å². The van der Waals surface area contributed by atoms with E-state index >= 15 is 0 Å². The van der Waals surface area contributed by atoms with Gasteiger partial charge in [-0.2, -0.15) is 0 Å². The van der Waals surface area contributed by atoms with Crippen LogP contribution in [0, 0.1) is 0 Å². The molecule has 7 heteroatoms. The number of rotatable bonds is 5. The summed E-state index contributed by atoms with van der Waals surface area (Å²) in [6.07, 6.45) is 3.08. The van der Waals surface area contributed by atoms with Gasteiger partial charge in [0.05, 0.1) is 24.6 Å². The Hall–Kier alpha value is -3.03. The van der Waals surface area contributed by atoms with Gasteiger partial charge in [-0.1, -0.05) is 28.1 Å². The molecular formula is C23H22BrN3O3. The van der Waals surface area contributed by atoms with Crippen molar-refractivity contribution in [3.8, 4) is 11.3 Å². The Morgan fingerprint density at radius 1 is 1.07 bits per heavy atom. The van der Waals surface area contributed by atoms with Gasteiger partial charge >= 0.3 is 0 Å². The molecule has 0 bridgehead atoms. The molecule has 1 saturated heterocycles. The van der Waals surface area contributed by atoms with Crippen molar-refractivity contribution in [1.82, 2.24) is 0 Å². The topological polar surface area (TPSA) is 80.7 Å². The highest BCUT2D eigenvalue weighted by atomic mass is 79.9. The number of nitrogens with two attached hydrogens (primary N) is 1. The maximum Gasteiger partial charge on any atom is 0.248 e. The zero-order valence-corrected chi connectivity index (χ0v) is 17.9. The second kappa shape index (κ2) is 9.19. The van der Waals surface area contributed by atoms with E-state index in [0.29, 0.717) is 30.3 Å². The third-order valence-electron chi connectivity index (χ3n) is 4.80. The minimum Gasteiger partial charge on any atom is -0.457 e. The van der Waals surface area contributed by atoms with Crippen LogP contribution in [-0.2, 0) is 9.53 Å². The second-order valence-corrected chi connectivity index (χ2v) is 7.82. The summed E-state index contributed by atoms with van der Waals surface area (Å²) in [6.45, 7) is 3.01. The molecule has 2 heterocycles. The Bertz CT molecular complexity index is 1050. The summed E-state index contributed by atoms with van der Waals surface area (Å²) in [5, 5.41) is 2.83. The number of nitrogen functional groups attached to an aromatic ring is 1. The molecular weight excluding hydrogens is 446 g/mol. The van der Waals surface area contributed by atoms with Gasteiger partial charge in [0.2, 0.25) is 5.91 Å². The van der Waals surface area contributed by atoms with Crippen molar-refractivity contribution in [3.05, 3.63) is 70.9 Å². The molecule has 0 spiro atoms. The SMILES string of the molecule is Nc1cc(NC(=O)/C=C/c2ccc(-c3ccc(Br)cc3)o2)ccc1N1CCOCC1. The molecule has 154 valence electrons. The summed E-state index contributed by atoms with van der Waals surface area (Å²) >= 11 is 3.42. The Kier molecular flexibility index (Phi) is 6.21. The smallest absolute Gasteiger partial charge is 0.248 e. The molecule has 1 aliphatic rings. The molecule has 6 nitrogen and oxygen atoms in total. The molecule has 0 aliphatic carbocycles. The van der Waals surface area contributed by atoms with Crippen molar-refractivity contribution in [2.75, 3.05) is 42.3 Å². The number of anilines is 3. The van der Waals surface area contributed by atoms with Crippen molar-refractivity contribution >= 4 is 45.0 Å². The predicted molar refractivity (Wildman–Crippen MR) is 123 cm³/mol. The number of hydrogen-bond donors (Lipinski definition) is 2. The summed E-state index contributed by atoms with van der Waals surface area (Å²) < 4.78 is 12.2. The van der Waals surface area contributed by atoms with Gasteiger partial charge in [0, 0.05) is 34.9 Å². The molecule has 4 rings (SSSR count). The summed E-state index contributed by atoms with van der Waals surface area (Å²) in [7, 11) is 0. The van der Waals surface area contributed by atoms with Gasteiger partial charge in [-0.25, -0.2) is 0 Å². The van der Waals surface area contributed by atoms with E-state index in [4.69, 9.17) is 14.9 Å². The lowest BCUT2D eigenvalue weighted by Gasteiger charge is -2.30. The molecule has 1 aliphatic heterocycles. The first-order valence-electron chi connectivity index (χ1n) is 9.65. The van der Waals surface area contributed by atoms with E-state index in [-0.39, 0.29) is 5.91 Å². The van der Waals surface area contributed by atoms with Crippen LogP contribution in [0.25, 0.3) is 17.4 Å². The van der Waals surface area contributed by atoms with E-state index in [9.17, 15) is 4.79 Å². The number of halogens is 1. The first-order chi connectivity index (χ1) is 14.6. The van der Waals surface area contributed by atoms with Crippen molar-refractivity contribution in [1.29, 1.82) is 0 Å². The molecule has 1 aromatic heterocycles. The number of amides is 1. The van der Waals surface area contributed by atoms with E-state index in [0.717, 1.165) is 34.6 Å². The quantitative estimate of drug-likeness (QED) is 0.416. The molecule has 0 saturated carbocycles. The van der Waals surface area contributed by atoms with Crippen molar-refractivity contribution in [2.24, 2.45) is 0 Å². The van der Waals surface area contributed by atoms with Gasteiger partial charge in [-0.3, -0.25) is 4.79 Å². The maximum absolute atomic E-state index is 12.3. The van der Waals surface area contributed by atoms with Gasteiger partial charge in [0.25, 0.3) is 0 Å². The van der Waals surface area contributed by atoms with Crippen LogP contribution < -0.4 is 16.0 Å². The molecule has 30 heavy (non-hydrogen) atoms. The number of ether oxygens (including phenoxy) is 1. The molecule has 1 amide bonds. The number of nitrogens with zero attached hydrogens (tertiary/aromatic N) is 1. The van der Waals surface area contributed by atoms with Crippen molar-refractivity contribution in [2.45, 2.75) is 0 Å². The average molecular weight is 468 g/mol. The summed E-state index contributed by atoms with van der Waals surface area (Å²) in [5.74, 6) is 1.09. The van der Waals surface area contributed by atoms with Crippen LogP contribution in [0.5, 0.6) is 0 Å². The highest BCUT2D eigenvalue weighted by Crippen LogP contribution is 2.27. The average Bonchev–Trinajstić information content (AvgIpc) is 3.23. The minimum atomic E-state index is -0.255. The van der Waals surface area contributed by atoms with Crippen LogP contribution in [0.15, 0.2) is 69.6 Å². The van der Waals surface area contributed by atoms with E-state index in [1.807, 2.05) is 48.5 Å². The highest BCUT2D eigenvalue weighted by Gasteiger charge is 2.14. The third kappa shape index (κ3) is 4.93. The third-order valence-corrected chi connectivity index (χ3v) is 5.33. The second-order valence-electron chi connectivity index (χ2n) is 6.90. The maximum atomic E-state index is 12.3. The fraction of sp³-hybridized carbons (Fsp3) is 0.174. The van der Waals surface area contributed by atoms with Gasteiger partial charge in [0.1, 0.15) is 11.5 Å². The zero-order valence-electron chi connectivity index (χ0n) is 16.3. The summed E-state index contributed by atoms with van der Waals surface area (Å²) in [4.78, 5) is 14.5. The Morgan fingerprint density at radius 3 is 2.57 bits per heavy atom. The first-order valence-corrected chi connectivity index (χ1v) is 10.4. The molecule has 0 unspecified atom stereocenters. The van der Waals surface area contributed by atoms with E-state index in [2.05, 4.69) is 26.1 Å². The molecule has 0 radical (unpaired) electrons. The number of carbonyl (C=O) groups is 1. The van der Waals surface area contributed by atoms with Crippen LogP contribution in [0.4, 0.5) is 17.1 Å². The Labute approximate surface area is 183 Å². The normalized spacial score (nSPS) is 14.2. The standard InChI is InChI=1S/C23H22BrN3O3/c24-17-3-1-16(2-4-17)22-9-6-19(30-22)7-10-23(28)26-18-5-8-21(20(25)15-18)27-11-13-29-14-12-27/h1-10,15H,11-14,25H2,(H,26,28)/b10-7+. The van der Waals surface area contributed by atoms with Crippen LogP contribution in [0.2, 0.25) is 0 Å². The van der Waals surface area contributed by atoms with Crippen molar-refractivity contribution < 1.29 is 13.9 Å². The number of hydrogen-bond acceptors (Lipinski definition) is 5. The minimum absolute atomic E-state index is 0.255. The fourth-order valence-corrected chi connectivity index (χ4v) is 3.54. The summed E-state index contributed by atoms with van der Waals surface area (Å²) in [6, 6.07) is 17.1. The van der Waals surface area contributed by atoms with Crippen molar-refractivity contribution in [3.63, 3.8) is 0 Å². The van der Waals surface area contributed by atoms with Crippen LogP contribution in [0.1, 0.15) is 5.76 Å². The Morgan fingerprint density at radius 2 is 1.83 bits per heavy atom. The Balaban J connectivity index is 1.38. The van der Waals surface area contributed by atoms with E-state index in [1.54, 1.807) is 12.1 Å². The van der Waals surface area contributed by atoms with E-state index in [1.165, 1.54) is 6.08 Å². The lowest BCUT2D eigenvalue weighted by atomic mass is 10.2. The lowest BCUT2D eigenvalue weighted by Crippen LogP contribution is -2.36. The monoisotopic (exact) mass is 467 g/mol. The first kappa shape index (κ1) is 20.3. The van der Waals surface area contributed by atoms with Gasteiger partial charge in [-0.05, 0) is 48.5 Å². The van der Waals surface area contributed by atoms with E-state index < -0.39 is 0 Å². The largest absolute Gasteiger partial charge is 0.457 e.